The van der Waals surface area contributed by atoms with Crippen LogP contribution in [-0.2, 0) is 6.54 Å². The molecule has 0 aromatic heterocycles. The number of hydrogen-bond acceptors (Lipinski definition) is 4. The van der Waals surface area contributed by atoms with Crippen LogP contribution in [0.2, 0.25) is 5.02 Å². The van der Waals surface area contributed by atoms with Gasteiger partial charge in [0.05, 0.1) is 6.61 Å². The summed E-state index contributed by atoms with van der Waals surface area (Å²) in [6.45, 7) is 0.739. The highest BCUT2D eigenvalue weighted by molar-refractivity contribution is 6.31. The van der Waals surface area contributed by atoms with Gasteiger partial charge in [0, 0.05) is 22.7 Å². The predicted molar refractivity (Wildman–Crippen MR) is 79.1 cm³/mol. The largest absolute Gasteiger partial charge is 0.409 e. The molecule has 20 heavy (non-hydrogen) atoms. The topological polar surface area (TPSA) is 90.9 Å². The Morgan fingerprint density at radius 1 is 1.40 bits per heavy atom. The molecule has 1 aliphatic carbocycles. The molecule has 5 nitrogen and oxygen atoms in total. The minimum atomic E-state index is -0.173. The molecule has 1 saturated carbocycles. The highest BCUT2D eigenvalue weighted by Gasteiger charge is 2.32. The van der Waals surface area contributed by atoms with Gasteiger partial charge in [0.15, 0.2) is 5.84 Å². The number of halogens is 1. The van der Waals surface area contributed by atoms with E-state index in [1.165, 1.54) is 0 Å². The number of aliphatic hydroxyl groups is 1. The van der Waals surface area contributed by atoms with E-state index in [1.807, 2.05) is 6.07 Å². The van der Waals surface area contributed by atoms with E-state index in [1.54, 1.807) is 12.1 Å². The van der Waals surface area contributed by atoms with Gasteiger partial charge in [-0.2, -0.15) is 0 Å². The SMILES string of the molecule is N/C(=N/O)c1ccc(CNC2(CO)CCCC2)c(Cl)c1. The van der Waals surface area contributed by atoms with Crippen LogP contribution in [0.1, 0.15) is 36.8 Å². The van der Waals surface area contributed by atoms with Crippen LogP contribution in [0.4, 0.5) is 0 Å². The van der Waals surface area contributed by atoms with Gasteiger partial charge in [0.25, 0.3) is 0 Å². The van der Waals surface area contributed by atoms with Crippen molar-refractivity contribution in [3.63, 3.8) is 0 Å². The molecule has 5 N–H and O–H groups in total. The highest BCUT2D eigenvalue weighted by atomic mass is 35.5. The first-order valence-corrected chi connectivity index (χ1v) is 7.10. The Bertz CT molecular complexity index is 499. The lowest BCUT2D eigenvalue weighted by Gasteiger charge is -2.28. The number of rotatable bonds is 5. The van der Waals surface area contributed by atoms with Crippen LogP contribution in [0.15, 0.2) is 23.4 Å². The molecule has 0 saturated heterocycles. The van der Waals surface area contributed by atoms with Crippen molar-refractivity contribution in [1.29, 1.82) is 0 Å². The summed E-state index contributed by atoms with van der Waals surface area (Å²) < 4.78 is 0. The van der Waals surface area contributed by atoms with Crippen LogP contribution >= 0.6 is 11.6 Å². The van der Waals surface area contributed by atoms with Crippen molar-refractivity contribution in [1.82, 2.24) is 5.32 Å². The molecular formula is C14H20ClN3O2. The molecule has 110 valence electrons. The molecule has 1 aromatic carbocycles. The maximum atomic E-state index is 9.56. The van der Waals surface area contributed by atoms with Crippen LogP contribution in [0.3, 0.4) is 0 Å². The lowest BCUT2D eigenvalue weighted by atomic mass is 9.98. The summed E-state index contributed by atoms with van der Waals surface area (Å²) >= 11 is 6.21. The molecule has 0 unspecified atom stereocenters. The quantitative estimate of drug-likeness (QED) is 0.289. The highest BCUT2D eigenvalue weighted by Crippen LogP contribution is 2.30. The average molecular weight is 298 g/mol. The fourth-order valence-electron chi connectivity index (χ4n) is 2.63. The maximum absolute atomic E-state index is 9.56. The molecular weight excluding hydrogens is 278 g/mol. The molecule has 0 aliphatic heterocycles. The Balaban J connectivity index is 2.06. The summed E-state index contributed by atoms with van der Waals surface area (Å²) in [5, 5.41) is 25.1. The number of hydrogen-bond donors (Lipinski definition) is 4. The van der Waals surface area contributed by atoms with Crippen molar-refractivity contribution in [3.8, 4) is 0 Å². The fourth-order valence-corrected chi connectivity index (χ4v) is 2.88. The first-order chi connectivity index (χ1) is 9.60. The van der Waals surface area contributed by atoms with E-state index in [0.29, 0.717) is 17.1 Å². The number of aliphatic hydroxyl groups excluding tert-OH is 1. The monoisotopic (exact) mass is 297 g/mol. The first kappa shape index (κ1) is 15.1. The lowest BCUT2D eigenvalue weighted by molar-refractivity contribution is 0.163. The maximum Gasteiger partial charge on any atom is 0.170 e. The van der Waals surface area contributed by atoms with E-state index in [2.05, 4.69) is 10.5 Å². The molecule has 0 amide bonds. The number of benzene rings is 1. The molecule has 0 radical (unpaired) electrons. The smallest absolute Gasteiger partial charge is 0.170 e. The van der Waals surface area contributed by atoms with Gasteiger partial charge in [-0.15, -0.1) is 0 Å². The minimum absolute atomic E-state index is 0.0361. The summed E-state index contributed by atoms with van der Waals surface area (Å²) in [7, 11) is 0. The van der Waals surface area contributed by atoms with Gasteiger partial charge in [-0.3, -0.25) is 0 Å². The molecule has 1 aliphatic rings. The van der Waals surface area contributed by atoms with Gasteiger partial charge in [-0.1, -0.05) is 41.7 Å². The molecule has 1 fully saturated rings. The van der Waals surface area contributed by atoms with Crippen LogP contribution in [0, 0.1) is 0 Å². The van der Waals surface area contributed by atoms with Crippen LogP contribution in [0.5, 0.6) is 0 Å². The van der Waals surface area contributed by atoms with Crippen LogP contribution < -0.4 is 11.1 Å². The lowest BCUT2D eigenvalue weighted by Crippen LogP contribution is -2.45. The van der Waals surface area contributed by atoms with Gasteiger partial charge in [-0.05, 0) is 24.5 Å². The Kier molecular flexibility index (Phi) is 4.86. The number of nitrogens with two attached hydrogens (primary N) is 1. The molecule has 0 heterocycles. The van der Waals surface area contributed by atoms with E-state index in [4.69, 9.17) is 22.5 Å². The van der Waals surface area contributed by atoms with Crippen molar-refractivity contribution in [2.75, 3.05) is 6.61 Å². The van der Waals surface area contributed by atoms with Gasteiger partial charge in [0.2, 0.25) is 0 Å². The van der Waals surface area contributed by atoms with Crippen molar-refractivity contribution in [3.05, 3.63) is 34.3 Å². The normalized spacial score (nSPS) is 18.4. The molecule has 0 spiro atoms. The van der Waals surface area contributed by atoms with E-state index in [-0.39, 0.29) is 18.0 Å². The van der Waals surface area contributed by atoms with Crippen molar-refractivity contribution in [2.24, 2.45) is 10.9 Å². The third-order valence-corrected chi connectivity index (χ3v) is 4.33. The van der Waals surface area contributed by atoms with Crippen LogP contribution in [0.25, 0.3) is 0 Å². The third-order valence-electron chi connectivity index (χ3n) is 3.97. The summed E-state index contributed by atoms with van der Waals surface area (Å²) in [6, 6.07) is 5.29. The van der Waals surface area contributed by atoms with Gasteiger partial charge in [-0.25, -0.2) is 0 Å². The number of oxime groups is 1. The van der Waals surface area contributed by atoms with Gasteiger partial charge in [0.1, 0.15) is 0 Å². The van der Waals surface area contributed by atoms with Crippen molar-refractivity contribution >= 4 is 17.4 Å². The number of amidine groups is 1. The Morgan fingerprint density at radius 3 is 2.65 bits per heavy atom. The molecule has 1 aromatic rings. The van der Waals surface area contributed by atoms with E-state index < -0.39 is 0 Å². The predicted octanol–water partition coefficient (Wildman–Crippen LogP) is 1.83. The molecule has 0 atom stereocenters. The van der Waals surface area contributed by atoms with Crippen molar-refractivity contribution < 1.29 is 10.3 Å². The van der Waals surface area contributed by atoms with E-state index in [9.17, 15) is 5.11 Å². The van der Waals surface area contributed by atoms with E-state index >= 15 is 0 Å². The second-order valence-corrected chi connectivity index (χ2v) is 5.70. The molecule has 6 heteroatoms. The summed E-state index contributed by atoms with van der Waals surface area (Å²) in [4.78, 5) is 0. The Morgan fingerprint density at radius 2 is 2.10 bits per heavy atom. The van der Waals surface area contributed by atoms with Crippen LogP contribution in [-0.4, -0.2) is 28.3 Å². The summed E-state index contributed by atoms with van der Waals surface area (Å²) in [5.41, 5.74) is 6.86. The molecule has 2 rings (SSSR count). The minimum Gasteiger partial charge on any atom is -0.409 e. The molecule has 0 bridgehead atoms. The van der Waals surface area contributed by atoms with Gasteiger partial charge < -0.3 is 21.4 Å². The first-order valence-electron chi connectivity index (χ1n) is 6.72. The zero-order chi connectivity index (χ0) is 14.6. The second kappa shape index (κ2) is 6.43. The second-order valence-electron chi connectivity index (χ2n) is 5.29. The number of nitrogens with one attached hydrogen (secondary N) is 1. The third kappa shape index (κ3) is 3.23. The average Bonchev–Trinajstić information content (AvgIpc) is 2.94. The fraction of sp³-hybridized carbons (Fsp3) is 0.500. The van der Waals surface area contributed by atoms with Gasteiger partial charge >= 0.3 is 0 Å². The summed E-state index contributed by atoms with van der Waals surface area (Å²) in [6.07, 6.45) is 4.26. The van der Waals surface area contributed by atoms with E-state index in [0.717, 1.165) is 31.2 Å². The summed E-state index contributed by atoms with van der Waals surface area (Å²) in [5.74, 6) is 0.0361. The zero-order valence-electron chi connectivity index (χ0n) is 11.3. The zero-order valence-corrected chi connectivity index (χ0v) is 12.0. The van der Waals surface area contributed by atoms with Crippen molar-refractivity contribution in [2.45, 2.75) is 37.8 Å². The Labute approximate surface area is 123 Å². The Hall–Kier alpha value is -1.30. The standard InChI is InChI=1S/C14H20ClN3O2/c15-12-7-10(13(16)18-20)3-4-11(12)8-17-14(9-19)5-1-2-6-14/h3-4,7,17,19-20H,1-2,5-6,8-9H2,(H2,16,18). The number of nitrogens with zero attached hydrogens (tertiary/aromatic N) is 1.